The molecule has 0 aliphatic heterocycles. The van der Waals surface area contributed by atoms with Gasteiger partial charge >= 0.3 is 10.6 Å². The maximum Gasteiger partial charge on any atom is 0.371 e. The van der Waals surface area contributed by atoms with Gasteiger partial charge in [-0.15, -0.1) is 0 Å². The summed E-state index contributed by atoms with van der Waals surface area (Å²) in [5, 5.41) is -1.78. The molecule has 98 valence electrons. The third-order valence-corrected chi connectivity index (χ3v) is 2.31. The minimum absolute atomic E-state index is 0.236. The van der Waals surface area contributed by atoms with Gasteiger partial charge in [-0.05, 0) is 24.6 Å². The number of aryl methyl sites for hydroxylation is 1. The van der Waals surface area contributed by atoms with Crippen molar-refractivity contribution in [3.8, 4) is 11.8 Å². The fraction of sp³-hybridized carbons (Fsp3) is 0.0909. The van der Waals surface area contributed by atoms with E-state index in [1.807, 2.05) is 13.0 Å². The molecule has 0 fully saturated rings. The fourth-order valence-electron chi connectivity index (χ4n) is 1.43. The van der Waals surface area contributed by atoms with Gasteiger partial charge in [0.25, 0.3) is 11.8 Å². The first-order valence-corrected chi connectivity index (χ1v) is 5.95. The van der Waals surface area contributed by atoms with E-state index in [1.54, 1.807) is 12.1 Å². The Morgan fingerprint density at radius 3 is 2.05 bits per heavy atom. The monoisotopic (exact) mass is 296 g/mol. The first-order valence-electron chi connectivity index (χ1n) is 5.05. The average molecular weight is 296 g/mol. The molecule has 0 bridgehead atoms. The van der Waals surface area contributed by atoms with Crippen LogP contribution in [0.1, 0.15) is 5.56 Å². The van der Waals surface area contributed by atoms with Gasteiger partial charge in [-0.2, -0.15) is 0 Å². The molecule has 6 nitrogen and oxygen atoms in total. The third-order valence-electron chi connectivity index (χ3n) is 2.13. The number of aromatic nitrogens is 2. The zero-order valence-electron chi connectivity index (χ0n) is 9.65. The highest BCUT2D eigenvalue weighted by Crippen LogP contribution is 2.27. The molecule has 2 rings (SSSR count). The molecule has 0 saturated heterocycles. The Morgan fingerprint density at radius 1 is 1.00 bits per heavy atom. The van der Waals surface area contributed by atoms with Crippen LogP contribution < -0.4 is 9.47 Å². The molecule has 0 aliphatic rings. The van der Waals surface area contributed by atoms with Gasteiger partial charge < -0.3 is 9.47 Å². The van der Waals surface area contributed by atoms with Gasteiger partial charge in [0.2, 0.25) is 0 Å². The normalized spacial score (nSPS) is 10.3. The molecule has 19 heavy (non-hydrogen) atoms. The second-order valence-electron chi connectivity index (χ2n) is 3.56. The van der Waals surface area contributed by atoms with Crippen molar-refractivity contribution in [2.45, 2.75) is 6.92 Å². The van der Waals surface area contributed by atoms with E-state index in [2.05, 4.69) is 35.2 Å². The Bertz CT molecular complexity index is 675. The Morgan fingerprint density at radius 2 is 1.53 bits per heavy atom. The molecular weight excluding hydrogens is 288 g/mol. The summed E-state index contributed by atoms with van der Waals surface area (Å²) in [7, 11) is 0. The molecule has 0 atom stereocenters. The molecule has 1 heterocycles. The summed E-state index contributed by atoms with van der Waals surface area (Å²) in [5.74, 6) is -0.473. The Kier molecular flexibility index (Phi) is 3.91. The quantitative estimate of drug-likeness (QED) is 0.655. The summed E-state index contributed by atoms with van der Waals surface area (Å²) >= 11 is 6.94. The highest BCUT2D eigenvalue weighted by atomic mass is 32.1. The van der Waals surface area contributed by atoms with Crippen molar-refractivity contribution in [3.05, 3.63) is 23.8 Å². The smallest absolute Gasteiger partial charge is 0.371 e. The molecular formula is C11H8N2O4S2. The standard InChI is InChI=1S/C11H8N2O4S2/c1-5-2-3-6-7(4-5)13-9(17-11(15)19)8(12-6)16-10(14)18/h2-4H,1H3,(H,14,18)(H,15,19). The van der Waals surface area contributed by atoms with Crippen molar-refractivity contribution in [2.75, 3.05) is 0 Å². The number of ether oxygens (including phenoxy) is 2. The van der Waals surface area contributed by atoms with E-state index in [0.717, 1.165) is 5.56 Å². The molecule has 0 saturated carbocycles. The summed E-state index contributed by atoms with van der Waals surface area (Å²) in [6, 6.07) is 5.29. The molecule has 2 aromatic rings. The number of nitrogens with zero attached hydrogens (tertiary/aromatic N) is 2. The predicted molar refractivity (Wildman–Crippen MR) is 74.3 cm³/mol. The highest BCUT2D eigenvalue weighted by Gasteiger charge is 2.16. The predicted octanol–water partition coefficient (Wildman–Crippen LogP) is 2.80. The van der Waals surface area contributed by atoms with E-state index in [4.69, 9.17) is 9.47 Å². The average Bonchev–Trinajstić information content (AvgIpc) is 2.28. The van der Waals surface area contributed by atoms with E-state index in [9.17, 15) is 9.59 Å². The maximum absolute atomic E-state index is 10.9. The fourth-order valence-corrected chi connectivity index (χ4v) is 1.60. The van der Waals surface area contributed by atoms with Crippen LogP contribution in [0.4, 0.5) is 9.59 Å². The third kappa shape index (κ3) is 3.36. The zero-order chi connectivity index (χ0) is 14.0. The SMILES string of the molecule is Cc1ccc2nc(OC(=O)S)c(OC(=O)S)nc2c1. The summed E-state index contributed by atoms with van der Waals surface area (Å²) in [6.45, 7) is 1.88. The number of rotatable bonds is 2. The van der Waals surface area contributed by atoms with E-state index in [1.165, 1.54) is 0 Å². The molecule has 0 spiro atoms. The van der Waals surface area contributed by atoms with Gasteiger partial charge in [-0.1, -0.05) is 31.3 Å². The van der Waals surface area contributed by atoms with E-state index in [0.29, 0.717) is 11.0 Å². The molecule has 0 amide bonds. The van der Waals surface area contributed by atoms with Gasteiger partial charge in [0.15, 0.2) is 0 Å². The van der Waals surface area contributed by atoms with Crippen LogP contribution in [0.15, 0.2) is 18.2 Å². The molecule has 8 heteroatoms. The van der Waals surface area contributed by atoms with Crippen LogP contribution in [-0.4, -0.2) is 20.6 Å². The molecule has 0 N–H and O–H groups in total. The van der Waals surface area contributed by atoms with E-state index in [-0.39, 0.29) is 11.8 Å². The molecule has 0 aliphatic carbocycles. The van der Waals surface area contributed by atoms with Crippen LogP contribution >= 0.6 is 25.3 Å². The lowest BCUT2D eigenvalue weighted by atomic mass is 10.2. The Balaban J connectivity index is 2.58. The summed E-state index contributed by atoms with van der Waals surface area (Å²) in [6.07, 6.45) is 0. The number of fused-ring (bicyclic) bond motifs is 1. The highest BCUT2D eigenvalue weighted by molar-refractivity contribution is 7.96. The van der Waals surface area contributed by atoms with Crippen LogP contribution in [0.3, 0.4) is 0 Å². The van der Waals surface area contributed by atoms with Crippen LogP contribution in [0, 0.1) is 6.92 Å². The van der Waals surface area contributed by atoms with Gasteiger partial charge in [-0.25, -0.2) is 19.6 Å². The van der Waals surface area contributed by atoms with E-state index >= 15 is 0 Å². The van der Waals surface area contributed by atoms with Crippen molar-refractivity contribution >= 4 is 46.9 Å². The van der Waals surface area contributed by atoms with Crippen LogP contribution in [0.5, 0.6) is 11.8 Å². The molecule has 0 unspecified atom stereocenters. The molecule has 0 radical (unpaired) electrons. The first kappa shape index (κ1) is 13.6. The lowest BCUT2D eigenvalue weighted by Gasteiger charge is -2.07. The zero-order valence-corrected chi connectivity index (χ0v) is 11.4. The summed E-state index contributed by atoms with van der Waals surface area (Å²) in [4.78, 5) is 29.8. The van der Waals surface area contributed by atoms with Crippen LogP contribution in [0.2, 0.25) is 0 Å². The van der Waals surface area contributed by atoms with Crippen LogP contribution in [-0.2, 0) is 0 Å². The first-order chi connectivity index (χ1) is 8.95. The Labute approximate surface area is 119 Å². The minimum Gasteiger partial charge on any atom is -0.394 e. The number of carbonyl (C=O) groups excluding carboxylic acids is 2. The lowest BCUT2D eigenvalue weighted by Crippen LogP contribution is -2.06. The second-order valence-corrected chi connectivity index (χ2v) is 4.29. The Hall–Kier alpha value is -1.80. The van der Waals surface area contributed by atoms with Crippen molar-refractivity contribution in [2.24, 2.45) is 0 Å². The number of hydrogen-bond donors (Lipinski definition) is 2. The molecule has 1 aromatic carbocycles. The van der Waals surface area contributed by atoms with Crippen LogP contribution in [0.25, 0.3) is 11.0 Å². The topological polar surface area (TPSA) is 78.4 Å². The molecule has 1 aromatic heterocycles. The number of carbonyl (C=O) groups is 2. The minimum atomic E-state index is -0.891. The van der Waals surface area contributed by atoms with Gasteiger partial charge in [0.1, 0.15) is 0 Å². The van der Waals surface area contributed by atoms with Gasteiger partial charge in [0.05, 0.1) is 11.0 Å². The van der Waals surface area contributed by atoms with E-state index < -0.39 is 10.6 Å². The number of thiol groups is 2. The summed E-state index contributed by atoms with van der Waals surface area (Å²) < 4.78 is 9.46. The number of hydrogen-bond acceptors (Lipinski definition) is 6. The van der Waals surface area contributed by atoms with Gasteiger partial charge in [0, 0.05) is 0 Å². The maximum atomic E-state index is 10.9. The van der Waals surface area contributed by atoms with Crippen molar-refractivity contribution in [3.63, 3.8) is 0 Å². The largest absolute Gasteiger partial charge is 0.394 e. The van der Waals surface area contributed by atoms with Crippen molar-refractivity contribution in [1.29, 1.82) is 0 Å². The van der Waals surface area contributed by atoms with Gasteiger partial charge in [-0.3, -0.25) is 0 Å². The summed E-state index contributed by atoms with van der Waals surface area (Å²) in [5.41, 5.74) is 1.96. The van der Waals surface area contributed by atoms with Crippen molar-refractivity contribution in [1.82, 2.24) is 9.97 Å². The lowest BCUT2D eigenvalue weighted by molar-refractivity contribution is 0.214. The van der Waals surface area contributed by atoms with Crippen molar-refractivity contribution < 1.29 is 19.1 Å². The second kappa shape index (κ2) is 5.45. The number of benzene rings is 1.